The first-order valence-corrected chi connectivity index (χ1v) is 7.25. The van der Waals surface area contributed by atoms with Crippen LogP contribution in [0.3, 0.4) is 0 Å². The van der Waals surface area contributed by atoms with Gasteiger partial charge in [0.2, 0.25) is 0 Å². The lowest BCUT2D eigenvalue weighted by Crippen LogP contribution is -2.39. The molecule has 3 N–H and O–H groups in total. The Balaban J connectivity index is 1.76. The smallest absolute Gasteiger partial charge is 0.258 e. The molecule has 18 heavy (non-hydrogen) atoms. The summed E-state index contributed by atoms with van der Waals surface area (Å²) in [7, 11) is 0. The molecule has 0 unspecified atom stereocenters. The number of rotatable bonds is 4. The maximum Gasteiger partial charge on any atom is 0.258 e. The Morgan fingerprint density at radius 2 is 2.11 bits per heavy atom. The van der Waals surface area contributed by atoms with Crippen LogP contribution in [0.25, 0.3) is 0 Å². The van der Waals surface area contributed by atoms with Crippen LogP contribution in [-0.4, -0.2) is 30.1 Å². The van der Waals surface area contributed by atoms with Gasteiger partial charge in [0.05, 0.1) is 5.69 Å². The molecule has 2 rings (SSSR count). The van der Waals surface area contributed by atoms with Crippen molar-refractivity contribution in [1.82, 2.24) is 5.32 Å². The Labute approximate surface area is 111 Å². The van der Waals surface area contributed by atoms with Crippen molar-refractivity contribution in [3.8, 4) is 5.75 Å². The average Bonchev–Trinajstić information content (AvgIpc) is 2.39. The molecule has 0 bridgehead atoms. The first-order valence-electron chi connectivity index (χ1n) is 6.10. The number of ether oxygens (including phenoxy) is 1. The topological polar surface area (TPSA) is 64.3 Å². The van der Waals surface area contributed by atoms with E-state index in [9.17, 15) is 4.79 Å². The number of thioether (sulfide) groups is 1. The summed E-state index contributed by atoms with van der Waals surface area (Å²) in [5, 5.41) is 2.99. The Bertz CT molecular complexity index is 406. The number of nitrogens with two attached hydrogens (primary N) is 1. The Hall–Kier alpha value is -1.36. The van der Waals surface area contributed by atoms with E-state index in [0.29, 0.717) is 17.5 Å². The highest BCUT2D eigenvalue weighted by Crippen LogP contribution is 2.20. The van der Waals surface area contributed by atoms with Gasteiger partial charge in [-0.2, -0.15) is 11.8 Å². The van der Waals surface area contributed by atoms with Crippen LogP contribution < -0.4 is 15.8 Å². The summed E-state index contributed by atoms with van der Waals surface area (Å²) in [4.78, 5) is 11.7. The van der Waals surface area contributed by atoms with Crippen LogP contribution in [0.4, 0.5) is 5.69 Å². The Morgan fingerprint density at radius 3 is 2.83 bits per heavy atom. The minimum atomic E-state index is -0.0739. The van der Waals surface area contributed by atoms with Crippen molar-refractivity contribution >= 4 is 23.4 Å². The highest BCUT2D eigenvalue weighted by Gasteiger charge is 2.16. The number of carbonyl (C=O) groups excluding carboxylic acids is 1. The third-order valence-electron chi connectivity index (χ3n) is 2.86. The van der Waals surface area contributed by atoms with Crippen LogP contribution in [0.2, 0.25) is 0 Å². The van der Waals surface area contributed by atoms with Crippen molar-refractivity contribution in [2.45, 2.75) is 18.9 Å². The molecule has 0 atom stereocenters. The molecule has 1 fully saturated rings. The first kappa shape index (κ1) is 13.1. The fourth-order valence-electron chi connectivity index (χ4n) is 1.87. The third kappa shape index (κ3) is 3.84. The summed E-state index contributed by atoms with van der Waals surface area (Å²) in [5.41, 5.74) is 6.29. The van der Waals surface area contributed by atoms with Crippen LogP contribution in [0, 0.1) is 0 Å². The first-order chi connectivity index (χ1) is 8.75. The number of hydrogen-bond acceptors (Lipinski definition) is 4. The van der Waals surface area contributed by atoms with E-state index in [1.54, 1.807) is 12.1 Å². The lowest BCUT2D eigenvalue weighted by Gasteiger charge is -2.22. The van der Waals surface area contributed by atoms with Crippen molar-refractivity contribution in [3.63, 3.8) is 0 Å². The average molecular weight is 266 g/mol. The molecule has 1 saturated heterocycles. The summed E-state index contributed by atoms with van der Waals surface area (Å²) < 4.78 is 5.40. The zero-order valence-electron chi connectivity index (χ0n) is 10.2. The lowest BCUT2D eigenvalue weighted by molar-refractivity contribution is -0.123. The van der Waals surface area contributed by atoms with Gasteiger partial charge < -0.3 is 15.8 Å². The number of nitrogen functional groups attached to an aromatic ring is 1. The van der Waals surface area contributed by atoms with Crippen molar-refractivity contribution in [2.24, 2.45) is 0 Å². The van der Waals surface area contributed by atoms with Crippen molar-refractivity contribution in [1.29, 1.82) is 0 Å². The second-order valence-electron chi connectivity index (χ2n) is 4.28. The molecule has 0 spiro atoms. The number of amides is 1. The molecule has 1 aliphatic rings. The molecule has 1 aromatic rings. The number of hydrogen-bond donors (Lipinski definition) is 2. The van der Waals surface area contributed by atoms with E-state index < -0.39 is 0 Å². The van der Waals surface area contributed by atoms with Gasteiger partial charge in [0.25, 0.3) is 5.91 Å². The number of nitrogens with one attached hydrogen (secondary N) is 1. The van der Waals surface area contributed by atoms with Gasteiger partial charge in [-0.05, 0) is 36.5 Å². The highest BCUT2D eigenvalue weighted by molar-refractivity contribution is 7.99. The monoisotopic (exact) mass is 266 g/mol. The summed E-state index contributed by atoms with van der Waals surface area (Å²) in [5.74, 6) is 2.73. The quantitative estimate of drug-likeness (QED) is 0.814. The van der Waals surface area contributed by atoms with E-state index in [-0.39, 0.29) is 12.5 Å². The molecule has 98 valence electrons. The molecule has 5 heteroatoms. The second-order valence-corrected chi connectivity index (χ2v) is 5.51. The number of para-hydroxylation sites is 2. The van der Waals surface area contributed by atoms with Crippen LogP contribution >= 0.6 is 11.8 Å². The highest BCUT2D eigenvalue weighted by atomic mass is 32.2. The predicted octanol–water partition coefficient (Wildman–Crippen LogP) is 1.66. The molecule has 0 aliphatic carbocycles. The van der Waals surface area contributed by atoms with Crippen LogP contribution in [0.15, 0.2) is 24.3 Å². The normalized spacial score (nSPS) is 16.2. The Kier molecular flexibility index (Phi) is 4.75. The maximum atomic E-state index is 11.7. The van der Waals surface area contributed by atoms with E-state index in [2.05, 4.69) is 5.32 Å². The van der Waals surface area contributed by atoms with Gasteiger partial charge in [-0.3, -0.25) is 4.79 Å². The van der Waals surface area contributed by atoms with Crippen LogP contribution in [0.1, 0.15) is 12.8 Å². The van der Waals surface area contributed by atoms with Gasteiger partial charge in [0.1, 0.15) is 5.75 Å². The summed E-state index contributed by atoms with van der Waals surface area (Å²) in [6.07, 6.45) is 2.09. The van der Waals surface area contributed by atoms with Crippen molar-refractivity contribution in [3.05, 3.63) is 24.3 Å². The molecular weight excluding hydrogens is 248 g/mol. The molecule has 4 nitrogen and oxygen atoms in total. The van der Waals surface area contributed by atoms with Crippen LogP contribution in [0.5, 0.6) is 5.75 Å². The van der Waals surface area contributed by atoms with Crippen molar-refractivity contribution in [2.75, 3.05) is 23.8 Å². The molecule has 0 saturated carbocycles. The van der Waals surface area contributed by atoms with Gasteiger partial charge in [-0.25, -0.2) is 0 Å². The molecule has 1 aliphatic heterocycles. The van der Waals surface area contributed by atoms with Gasteiger partial charge in [0.15, 0.2) is 6.61 Å². The lowest BCUT2D eigenvalue weighted by atomic mass is 10.1. The van der Waals surface area contributed by atoms with Gasteiger partial charge in [0, 0.05) is 6.04 Å². The fraction of sp³-hybridized carbons (Fsp3) is 0.462. The van der Waals surface area contributed by atoms with E-state index in [0.717, 1.165) is 24.3 Å². The summed E-state index contributed by atoms with van der Waals surface area (Å²) in [6.45, 7) is 0.0257. The minimum absolute atomic E-state index is 0.0257. The largest absolute Gasteiger partial charge is 0.482 e. The summed E-state index contributed by atoms with van der Waals surface area (Å²) in [6, 6.07) is 7.49. The molecule has 0 radical (unpaired) electrons. The van der Waals surface area contributed by atoms with Gasteiger partial charge in [-0.15, -0.1) is 0 Å². The van der Waals surface area contributed by atoms with Crippen LogP contribution in [-0.2, 0) is 4.79 Å². The minimum Gasteiger partial charge on any atom is -0.482 e. The van der Waals surface area contributed by atoms with Gasteiger partial charge >= 0.3 is 0 Å². The molecule has 1 aromatic carbocycles. The number of benzene rings is 1. The Morgan fingerprint density at radius 1 is 1.39 bits per heavy atom. The molecule has 1 amide bonds. The molecule has 0 aromatic heterocycles. The number of carbonyl (C=O) groups is 1. The van der Waals surface area contributed by atoms with Gasteiger partial charge in [-0.1, -0.05) is 12.1 Å². The SMILES string of the molecule is Nc1ccccc1OCC(=O)NC1CCSCC1. The molecule has 1 heterocycles. The maximum absolute atomic E-state index is 11.7. The third-order valence-corrected chi connectivity index (χ3v) is 3.91. The van der Waals surface area contributed by atoms with E-state index in [1.807, 2.05) is 23.9 Å². The standard InChI is InChI=1S/C13H18N2O2S/c14-11-3-1-2-4-12(11)17-9-13(16)15-10-5-7-18-8-6-10/h1-4,10H,5-9,14H2,(H,15,16). The molecular formula is C13H18N2O2S. The fourth-order valence-corrected chi connectivity index (χ4v) is 2.97. The second kappa shape index (κ2) is 6.54. The predicted molar refractivity (Wildman–Crippen MR) is 74.8 cm³/mol. The van der Waals surface area contributed by atoms with E-state index in [4.69, 9.17) is 10.5 Å². The zero-order chi connectivity index (χ0) is 12.8. The zero-order valence-corrected chi connectivity index (χ0v) is 11.0. The van der Waals surface area contributed by atoms with Crippen molar-refractivity contribution < 1.29 is 9.53 Å². The summed E-state index contributed by atoms with van der Waals surface area (Å²) >= 11 is 1.94. The van der Waals surface area contributed by atoms with E-state index in [1.165, 1.54) is 0 Å². The van der Waals surface area contributed by atoms with E-state index >= 15 is 0 Å². The number of anilines is 1.